The fourth-order valence-corrected chi connectivity index (χ4v) is 5.12. The standard InChI is InChI=1S/C25H25N5O2S/c1-15(2)30-23-18(13-27-30)11-19(12-26-23)24(31)28-21-6-4-5-20(16(21)3)25(32)29-9-7-22-17(14-29)8-10-33-22/h4-6,8,10-13,15H,7,9,14H2,1-3H3,(H,28,31). The van der Waals surface area contributed by atoms with Crippen LogP contribution in [0.2, 0.25) is 0 Å². The number of nitrogens with one attached hydrogen (secondary N) is 1. The van der Waals surface area contributed by atoms with Crippen molar-refractivity contribution in [1.82, 2.24) is 19.7 Å². The molecule has 3 aromatic heterocycles. The van der Waals surface area contributed by atoms with E-state index in [4.69, 9.17) is 0 Å². The van der Waals surface area contributed by atoms with E-state index in [0.29, 0.717) is 29.9 Å². The van der Waals surface area contributed by atoms with Crippen molar-refractivity contribution in [2.45, 2.75) is 39.8 Å². The number of benzene rings is 1. The molecular formula is C25H25N5O2S. The molecule has 5 rings (SSSR count). The molecule has 0 atom stereocenters. The molecule has 0 radical (unpaired) electrons. The minimum Gasteiger partial charge on any atom is -0.334 e. The lowest BCUT2D eigenvalue weighted by molar-refractivity contribution is 0.0735. The van der Waals surface area contributed by atoms with Crippen LogP contribution in [0.4, 0.5) is 5.69 Å². The Kier molecular flexibility index (Phi) is 5.46. The van der Waals surface area contributed by atoms with Crippen LogP contribution < -0.4 is 5.32 Å². The lowest BCUT2D eigenvalue weighted by Gasteiger charge is -2.28. The number of aromatic nitrogens is 3. The molecule has 33 heavy (non-hydrogen) atoms. The molecule has 0 bridgehead atoms. The summed E-state index contributed by atoms with van der Waals surface area (Å²) in [6.07, 6.45) is 4.17. The number of fused-ring (bicyclic) bond motifs is 2. The first-order chi connectivity index (χ1) is 15.9. The first kappa shape index (κ1) is 21.3. The average molecular weight is 460 g/mol. The second-order valence-electron chi connectivity index (χ2n) is 8.60. The molecule has 8 heteroatoms. The molecule has 2 amide bonds. The Balaban J connectivity index is 1.36. The van der Waals surface area contributed by atoms with Crippen LogP contribution in [-0.4, -0.2) is 38.0 Å². The normalized spacial score (nSPS) is 13.4. The molecule has 0 fully saturated rings. The zero-order valence-corrected chi connectivity index (χ0v) is 19.6. The van der Waals surface area contributed by atoms with E-state index < -0.39 is 0 Å². The maximum Gasteiger partial charge on any atom is 0.257 e. The van der Waals surface area contributed by atoms with Crippen molar-refractivity contribution in [2.24, 2.45) is 0 Å². The second kappa shape index (κ2) is 8.44. The summed E-state index contributed by atoms with van der Waals surface area (Å²) >= 11 is 1.75. The Morgan fingerprint density at radius 3 is 2.85 bits per heavy atom. The molecule has 168 valence electrons. The van der Waals surface area contributed by atoms with Crippen molar-refractivity contribution in [3.05, 3.63) is 75.2 Å². The van der Waals surface area contributed by atoms with Gasteiger partial charge in [-0.05, 0) is 68.0 Å². The molecule has 0 saturated heterocycles. The van der Waals surface area contributed by atoms with Crippen LogP contribution in [0.1, 0.15) is 56.6 Å². The fraction of sp³-hybridized carbons (Fsp3) is 0.280. The minimum absolute atomic E-state index is 0.00960. The Morgan fingerprint density at radius 1 is 1.18 bits per heavy atom. The second-order valence-corrected chi connectivity index (χ2v) is 9.60. The first-order valence-electron chi connectivity index (χ1n) is 11.0. The monoisotopic (exact) mass is 459 g/mol. The van der Waals surface area contributed by atoms with Crippen molar-refractivity contribution in [1.29, 1.82) is 0 Å². The largest absolute Gasteiger partial charge is 0.334 e. The number of amides is 2. The number of anilines is 1. The Hall–Kier alpha value is -3.52. The molecule has 1 aliphatic heterocycles. The third-order valence-electron chi connectivity index (χ3n) is 6.09. The molecule has 0 spiro atoms. The van der Waals surface area contributed by atoms with E-state index in [2.05, 4.69) is 26.8 Å². The van der Waals surface area contributed by atoms with Crippen LogP contribution in [0.5, 0.6) is 0 Å². The van der Waals surface area contributed by atoms with Gasteiger partial charge in [-0.15, -0.1) is 11.3 Å². The predicted molar refractivity (Wildman–Crippen MR) is 130 cm³/mol. The van der Waals surface area contributed by atoms with Gasteiger partial charge in [-0.2, -0.15) is 5.10 Å². The van der Waals surface area contributed by atoms with Gasteiger partial charge in [-0.3, -0.25) is 9.59 Å². The van der Waals surface area contributed by atoms with Gasteiger partial charge in [0.15, 0.2) is 5.65 Å². The van der Waals surface area contributed by atoms with Gasteiger partial charge in [0.1, 0.15) is 0 Å². The van der Waals surface area contributed by atoms with Crippen molar-refractivity contribution < 1.29 is 9.59 Å². The summed E-state index contributed by atoms with van der Waals surface area (Å²) in [5.41, 5.74) is 4.41. The maximum absolute atomic E-state index is 13.3. The number of hydrogen-bond donors (Lipinski definition) is 1. The molecule has 1 aromatic carbocycles. The number of pyridine rings is 1. The van der Waals surface area contributed by atoms with E-state index in [1.54, 1.807) is 29.8 Å². The first-order valence-corrected chi connectivity index (χ1v) is 11.9. The Morgan fingerprint density at radius 2 is 2.03 bits per heavy atom. The van der Waals surface area contributed by atoms with E-state index in [1.165, 1.54) is 10.4 Å². The summed E-state index contributed by atoms with van der Waals surface area (Å²) in [6, 6.07) is 9.52. The zero-order chi connectivity index (χ0) is 23.1. The summed E-state index contributed by atoms with van der Waals surface area (Å²) in [5.74, 6) is -0.278. The van der Waals surface area contributed by atoms with Crippen molar-refractivity contribution >= 4 is 39.9 Å². The quantitative estimate of drug-likeness (QED) is 0.474. The van der Waals surface area contributed by atoms with Crippen LogP contribution >= 0.6 is 11.3 Å². The van der Waals surface area contributed by atoms with E-state index in [1.807, 2.05) is 48.6 Å². The van der Waals surface area contributed by atoms with E-state index in [9.17, 15) is 9.59 Å². The highest BCUT2D eigenvalue weighted by Crippen LogP contribution is 2.27. The van der Waals surface area contributed by atoms with E-state index in [-0.39, 0.29) is 17.9 Å². The highest BCUT2D eigenvalue weighted by atomic mass is 32.1. The smallest absolute Gasteiger partial charge is 0.257 e. The third kappa shape index (κ3) is 3.91. The van der Waals surface area contributed by atoms with Gasteiger partial charge in [-0.25, -0.2) is 9.67 Å². The number of hydrogen-bond acceptors (Lipinski definition) is 5. The molecule has 4 aromatic rings. The van der Waals surface area contributed by atoms with Crippen molar-refractivity contribution in [3.8, 4) is 0 Å². The lowest BCUT2D eigenvalue weighted by atomic mass is 10.0. The van der Waals surface area contributed by atoms with Gasteiger partial charge >= 0.3 is 0 Å². The van der Waals surface area contributed by atoms with Gasteiger partial charge in [0, 0.05) is 46.8 Å². The number of rotatable bonds is 4. The summed E-state index contributed by atoms with van der Waals surface area (Å²) in [5, 5.41) is 10.2. The van der Waals surface area contributed by atoms with Crippen molar-refractivity contribution in [3.63, 3.8) is 0 Å². The predicted octanol–water partition coefficient (Wildman–Crippen LogP) is 4.83. The number of nitrogens with zero attached hydrogens (tertiary/aromatic N) is 4. The number of carbonyl (C=O) groups excluding carboxylic acids is 2. The van der Waals surface area contributed by atoms with Gasteiger partial charge in [0.25, 0.3) is 11.8 Å². The SMILES string of the molecule is Cc1c(NC(=O)c2cnc3c(cnn3C(C)C)c2)cccc1C(=O)N1CCc2sccc2C1. The van der Waals surface area contributed by atoms with Gasteiger partial charge in [-0.1, -0.05) is 6.07 Å². The molecule has 0 aliphatic carbocycles. The minimum atomic E-state index is -0.268. The van der Waals surface area contributed by atoms with Crippen LogP contribution in [0.15, 0.2) is 48.1 Å². The van der Waals surface area contributed by atoms with Gasteiger partial charge in [0.05, 0.1) is 11.8 Å². The topological polar surface area (TPSA) is 80.1 Å². The van der Waals surface area contributed by atoms with Gasteiger partial charge in [0.2, 0.25) is 0 Å². The Bertz CT molecular complexity index is 1370. The van der Waals surface area contributed by atoms with Crippen LogP contribution in [0.3, 0.4) is 0 Å². The van der Waals surface area contributed by atoms with Gasteiger partial charge < -0.3 is 10.2 Å². The van der Waals surface area contributed by atoms with Crippen LogP contribution in [0, 0.1) is 6.92 Å². The zero-order valence-electron chi connectivity index (χ0n) is 18.8. The molecule has 7 nitrogen and oxygen atoms in total. The number of carbonyl (C=O) groups is 2. The molecule has 1 N–H and O–H groups in total. The van der Waals surface area contributed by atoms with Crippen LogP contribution in [0.25, 0.3) is 11.0 Å². The summed E-state index contributed by atoms with van der Waals surface area (Å²) in [7, 11) is 0. The Labute approximate surface area is 196 Å². The summed E-state index contributed by atoms with van der Waals surface area (Å²) in [6.45, 7) is 7.28. The van der Waals surface area contributed by atoms with E-state index >= 15 is 0 Å². The fourth-order valence-electron chi connectivity index (χ4n) is 4.23. The average Bonchev–Trinajstić information content (AvgIpc) is 3.45. The van der Waals surface area contributed by atoms with E-state index in [0.717, 1.165) is 23.0 Å². The highest BCUT2D eigenvalue weighted by molar-refractivity contribution is 7.10. The summed E-state index contributed by atoms with van der Waals surface area (Å²) < 4.78 is 1.83. The molecule has 4 heterocycles. The summed E-state index contributed by atoms with van der Waals surface area (Å²) in [4.78, 5) is 33.9. The maximum atomic E-state index is 13.3. The van der Waals surface area contributed by atoms with Crippen LogP contribution in [-0.2, 0) is 13.0 Å². The molecule has 0 saturated carbocycles. The lowest BCUT2D eigenvalue weighted by Crippen LogP contribution is -2.35. The highest BCUT2D eigenvalue weighted by Gasteiger charge is 2.24. The third-order valence-corrected chi connectivity index (χ3v) is 7.11. The molecule has 1 aliphatic rings. The molecular weight excluding hydrogens is 434 g/mol. The molecule has 0 unspecified atom stereocenters. The number of thiophene rings is 1. The van der Waals surface area contributed by atoms with Crippen molar-refractivity contribution in [2.75, 3.05) is 11.9 Å².